The molecule has 3 heteroatoms. The summed E-state index contributed by atoms with van der Waals surface area (Å²) in [5.41, 5.74) is 3.12. The molecule has 21 heavy (non-hydrogen) atoms. The zero-order valence-corrected chi connectivity index (χ0v) is 11.1. The average Bonchev–Trinajstić information content (AvgIpc) is 2.88. The molecule has 3 nitrogen and oxygen atoms in total. The van der Waals surface area contributed by atoms with Crippen molar-refractivity contribution in [3.05, 3.63) is 66.3 Å². The average molecular weight is 273 g/mol. The lowest BCUT2D eigenvalue weighted by atomic mass is 9.94. The predicted octanol–water partition coefficient (Wildman–Crippen LogP) is 3.41. The summed E-state index contributed by atoms with van der Waals surface area (Å²) < 4.78 is 0. The van der Waals surface area contributed by atoms with Crippen molar-refractivity contribution in [2.24, 2.45) is 0 Å². The van der Waals surface area contributed by atoms with Crippen LogP contribution in [0.3, 0.4) is 0 Å². The van der Waals surface area contributed by atoms with Crippen LogP contribution in [0.4, 0.5) is 0 Å². The maximum atomic E-state index is 12.1. The fourth-order valence-electron chi connectivity index (χ4n) is 2.82. The third-order valence-electron chi connectivity index (χ3n) is 3.78. The number of aromatic amines is 1. The first kappa shape index (κ1) is 11.9. The number of ketones is 2. The van der Waals surface area contributed by atoms with E-state index in [0.717, 1.165) is 27.4 Å². The number of aromatic nitrogens is 1. The molecule has 3 aromatic rings. The summed E-state index contributed by atoms with van der Waals surface area (Å²) in [5, 5.41) is 2.17. The molecule has 100 valence electrons. The summed E-state index contributed by atoms with van der Waals surface area (Å²) in [7, 11) is 0. The number of hydrogen-bond donors (Lipinski definition) is 1. The zero-order valence-electron chi connectivity index (χ0n) is 11.1. The standard InChI is InChI=1S/C18H11NO2/c20-11-8-9-17(21)15(10-11)14-6-3-5-13-12-4-1-2-7-16(12)19-18(13)14/h1-10,19H. The summed E-state index contributed by atoms with van der Waals surface area (Å²) in [4.78, 5) is 27.0. The first-order valence-electron chi connectivity index (χ1n) is 6.72. The van der Waals surface area contributed by atoms with Gasteiger partial charge in [-0.05, 0) is 24.3 Å². The molecular weight excluding hydrogens is 262 g/mol. The molecule has 0 amide bonds. The van der Waals surface area contributed by atoms with E-state index in [1.54, 1.807) is 0 Å². The number of para-hydroxylation sites is 2. The van der Waals surface area contributed by atoms with E-state index in [4.69, 9.17) is 0 Å². The number of carbonyl (C=O) groups is 2. The molecule has 1 aromatic heterocycles. The molecule has 4 rings (SSSR count). The van der Waals surface area contributed by atoms with Crippen molar-refractivity contribution in [2.45, 2.75) is 0 Å². The van der Waals surface area contributed by atoms with Crippen LogP contribution in [-0.2, 0) is 9.59 Å². The molecule has 1 aliphatic rings. The Hall–Kier alpha value is -2.94. The third-order valence-corrected chi connectivity index (χ3v) is 3.78. The normalized spacial score (nSPS) is 15.0. The second-order valence-corrected chi connectivity index (χ2v) is 5.06. The molecule has 0 saturated heterocycles. The topological polar surface area (TPSA) is 49.9 Å². The quantitative estimate of drug-likeness (QED) is 0.691. The summed E-state index contributed by atoms with van der Waals surface area (Å²) in [6.07, 6.45) is 4.04. The van der Waals surface area contributed by atoms with Crippen LogP contribution in [0, 0.1) is 0 Å². The predicted molar refractivity (Wildman–Crippen MR) is 82.9 cm³/mol. The maximum absolute atomic E-state index is 12.1. The third kappa shape index (κ3) is 1.75. The van der Waals surface area contributed by atoms with E-state index in [0.29, 0.717) is 5.57 Å². The number of hydrogen-bond acceptors (Lipinski definition) is 2. The fourth-order valence-corrected chi connectivity index (χ4v) is 2.82. The Balaban J connectivity index is 2.06. The van der Waals surface area contributed by atoms with E-state index in [-0.39, 0.29) is 11.6 Å². The van der Waals surface area contributed by atoms with Crippen molar-refractivity contribution in [1.29, 1.82) is 0 Å². The molecule has 0 bridgehead atoms. The molecule has 1 aliphatic carbocycles. The SMILES string of the molecule is O=C1C=CC(=O)C(c2cccc3c2[nH]c2ccccc23)=C1. The van der Waals surface area contributed by atoms with E-state index in [2.05, 4.69) is 4.98 Å². The second kappa shape index (κ2) is 4.28. The Labute approximate surface area is 120 Å². The van der Waals surface area contributed by atoms with Crippen LogP contribution in [0.15, 0.2) is 60.7 Å². The zero-order chi connectivity index (χ0) is 14.4. The minimum atomic E-state index is -0.155. The van der Waals surface area contributed by atoms with Crippen LogP contribution < -0.4 is 0 Å². The Morgan fingerprint density at radius 3 is 2.52 bits per heavy atom. The number of benzene rings is 2. The van der Waals surface area contributed by atoms with E-state index in [1.165, 1.54) is 18.2 Å². The molecule has 0 unspecified atom stereocenters. The number of rotatable bonds is 1. The van der Waals surface area contributed by atoms with Crippen LogP contribution >= 0.6 is 0 Å². The number of fused-ring (bicyclic) bond motifs is 3. The van der Waals surface area contributed by atoms with Gasteiger partial charge < -0.3 is 4.98 Å². The van der Waals surface area contributed by atoms with Gasteiger partial charge in [-0.25, -0.2) is 0 Å². The van der Waals surface area contributed by atoms with Crippen molar-refractivity contribution in [2.75, 3.05) is 0 Å². The van der Waals surface area contributed by atoms with Crippen molar-refractivity contribution < 1.29 is 9.59 Å². The molecule has 0 fully saturated rings. The van der Waals surface area contributed by atoms with E-state index in [1.807, 2.05) is 42.5 Å². The second-order valence-electron chi connectivity index (χ2n) is 5.06. The van der Waals surface area contributed by atoms with Crippen LogP contribution in [0.25, 0.3) is 27.4 Å². The Bertz CT molecular complexity index is 973. The lowest BCUT2D eigenvalue weighted by Gasteiger charge is -2.08. The number of nitrogens with one attached hydrogen (secondary N) is 1. The van der Waals surface area contributed by atoms with Gasteiger partial charge in [-0.1, -0.05) is 36.4 Å². The van der Waals surface area contributed by atoms with Gasteiger partial charge >= 0.3 is 0 Å². The molecule has 0 spiro atoms. The van der Waals surface area contributed by atoms with Gasteiger partial charge in [-0.15, -0.1) is 0 Å². The molecular formula is C18H11NO2. The smallest absolute Gasteiger partial charge is 0.186 e. The summed E-state index contributed by atoms with van der Waals surface area (Å²) in [6, 6.07) is 13.8. The Morgan fingerprint density at radius 2 is 1.62 bits per heavy atom. The summed E-state index contributed by atoms with van der Waals surface area (Å²) >= 11 is 0. The lowest BCUT2D eigenvalue weighted by Crippen LogP contribution is -2.06. The number of carbonyl (C=O) groups excluding carboxylic acids is 2. The highest BCUT2D eigenvalue weighted by Crippen LogP contribution is 2.31. The van der Waals surface area contributed by atoms with Gasteiger partial charge in [0.1, 0.15) is 0 Å². The highest BCUT2D eigenvalue weighted by molar-refractivity contribution is 6.35. The van der Waals surface area contributed by atoms with E-state index in [9.17, 15) is 9.59 Å². The largest absolute Gasteiger partial charge is 0.354 e. The van der Waals surface area contributed by atoms with Crippen LogP contribution in [-0.4, -0.2) is 16.6 Å². The monoisotopic (exact) mass is 273 g/mol. The van der Waals surface area contributed by atoms with Crippen LogP contribution in [0.1, 0.15) is 5.56 Å². The molecule has 0 aliphatic heterocycles. The Morgan fingerprint density at radius 1 is 0.810 bits per heavy atom. The molecule has 1 N–H and O–H groups in total. The number of allylic oxidation sites excluding steroid dienone is 4. The summed E-state index contributed by atoms with van der Waals surface area (Å²) in [6.45, 7) is 0. The van der Waals surface area contributed by atoms with Gasteiger partial charge in [0.25, 0.3) is 0 Å². The van der Waals surface area contributed by atoms with Gasteiger partial charge in [0.05, 0.1) is 5.52 Å². The van der Waals surface area contributed by atoms with Crippen LogP contribution in [0.2, 0.25) is 0 Å². The van der Waals surface area contributed by atoms with Crippen molar-refractivity contribution >= 4 is 38.9 Å². The van der Waals surface area contributed by atoms with Gasteiger partial charge in [-0.3, -0.25) is 9.59 Å². The highest BCUT2D eigenvalue weighted by atomic mass is 16.1. The first-order chi connectivity index (χ1) is 10.2. The van der Waals surface area contributed by atoms with Gasteiger partial charge in [0, 0.05) is 27.4 Å². The maximum Gasteiger partial charge on any atom is 0.186 e. The van der Waals surface area contributed by atoms with E-state index < -0.39 is 0 Å². The van der Waals surface area contributed by atoms with E-state index >= 15 is 0 Å². The van der Waals surface area contributed by atoms with Crippen molar-refractivity contribution in [1.82, 2.24) is 4.98 Å². The fraction of sp³-hybridized carbons (Fsp3) is 0. The number of H-pyrrole nitrogens is 1. The summed E-state index contributed by atoms with van der Waals surface area (Å²) in [5.74, 6) is -0.293. The first-order valence-corrected chi connectivity index (χ1v) is 6.72. The Kier molecular flexibility index (Phi) is 2.42. The molecule has 1 heterocycles. The van der Waals surface area contributed by atoms with Crippen molar-refractivity contribution in [3.63, 3.8) is 0 Å². The molecule has 0 atom stereocenters. The van der Waals surface area contributed by atoms with Gasteiger partial charge in [0.2, 0.25) is 0 Å². The van der Waals surface area contributed by atoms with Crippen molar-refractivity contribution in [3.8, 4) is 0 Å². The highest BCUT2D eigenvalue weighted by Gasteiger charge is 2.18. The molecule has 0 saturated carbocycles. The van der Waals surface area contributed by atoms with Gasteiger partial charge in [0.15, 0.2) is 11.6 Å². The molecule has 0 radical (unpaired) electrons. The minimum absolute atomic E-state index is 0.138. The van der Waals surface area contributed by atoms with Gasteiger partial charge in [-0.2, -0.15) is 0 Å². The minimum Gasteiger partial charge on any atom is -0.354 e. The molecule has 2 aromatic carbocycles. The van der Waals surface area contributed by atoms with Crippen LogP contribution in [0.5, 0.6) is 0 Å². The lowest BCUT2D eigenvalue weighted by molar-refractivity contribution is -0.113.